The number of aliphatic hydroxyl groups is 1. The largest absolute Gasteiger partial charge is 0.388 e. The van der Waals surface area contributed by atoms with Crippen LogP contribution in [0.25, 0.3) is 0 Å². The molecule has 112 valence electrons. The van der Waals surface area contributed by atoms with Crippen LogP contribution in [0.5, 0.6) is 0 Å². The van der Waals surface area contributed by atoms with Crippen molar-refractivity contribution in [3.63, 3.8) is 0 Å². The van der Waals surface area contributed by atoms with E-state index in [0.29, 0.717) is 30.0 Å². The van der Waals surface area contributed by atoms with E-state index in [-0.39, 0.29) is 0 Å². The molecule has 2 rings (SSSR count). The number of anilines is 2. The number of hydrogen-bond donors (Lipinski definition) is 4. The highest BCUT2D eigenvalue weighted by atomic mass is 16.3. The highest BCUT2D eigenvalue weighted by molar-refractivity contribution is 5.47. The van der Waals surface area contributed by atoms with E-state index in [1.807, 2.05) is 6.92 Å². The van der Waals surface area contributed by atoms with Gasteiger partial charge < -0.3 is 15.8 Å². The molecule has 6 nitrogen and oxygen atoms in total. The number of aromatic nitrogens is 2. The Kier molecular flexibility index (Phi) is 4.45. The van der Waals surface area contributed by atoms with Gasteiger partial charge >= 0.3 is 0 Å². The molecule has 1 aliphatic carbocycles. The quantitative estimate of drug-likeness (QED) is 0.449. The zero-order chi connectivity index (χ0) is 14.8. The van der Waals surface area contributed by atoms with E-state index in [1.54, 1.807) is 6.07 Å². The van der Waals surface area contributed by atoms with E-state index in [1.165, 1.54) is 0 Å². The van der Waals surface area contributed by atoms with Gasteiger partial charge in [-0.2, -0.15) is 0 Å². The SMILES string of the molecule is CC(C)CC(C)(O)CNc1cc(NN)nc(C2CC2)n1. The van der Waals surface area contributed by atoms with Crippen LogP contribution in [0.1, 0.15) is 51.8 Å². The smallest absolute Gasteiger partial charge is 0.145 e. The lowest BCUT2D eigenvalue weighted by Crippen LogP contribution is -2.35. The van der Waals surface area contributed by atoms with Crippen LogP contribution in [-0.4, -0.2) is 27.2 Å². The average Bonchev–Trinajstić information content (AvgIpc) is 3.19. The monoisotopic (exact) mass is 279 g/mol. The molecule has 1 unspecified atom stereocenters. The second-order valence-corrected chi connectivity index (χ2v) is 6.36. The highest BCUT2D eigenvalue weighted by Gasteiger charge is 2.28. The van der Waals surface area contributed by atoms with Gasteiger partial charge in [-0.15, -0.1) is 0 Å². The van der Waals surface area contributed by atoms with Gasteiger partial charge in [0.1, 0.15) is 17.5 Å². The number of hydrogen-bond acceptors (Lipinski definition) is 6. The summed E-state index contributed by atoms with van der Waals surface area (Å²) in [4.78, 5) is 8.85. The molecule has 20 heavy (non-hydrogen) atoms. The third kappa shape index (κ3) is 4.31. The lowest BCUT2D eigenvalue weighted by molar-refractivity contribution is 0.0514. The summed E-state index contributed by atoms with van der Waals surface area (Å²) >= 11 is 0. The Labute approximate surface area is 120 Å². The maximum absolute atomic E-state index is 10.3. The van der Waals surface area contributed by atoms with Gasteiger partial charge in [-0.3, -0.25) is 0 Å². The van der Waals surface area contributed by atoms with Gasteiger partial charge in [-0.1, -0.05) is 13.8 Å². The Bertz CT molecular complexity index is 457. The van der Waals surface area contributed by atoms with Crippen molar-refractivity contribution < 1.29 is 5.11 Å². The molecule has 5 N–H and O–H groups in total. The lowest BCUT2D eigenvalue weighted by Gasteiger charge is -2.26. The first-order valence-corrected chi connectivity index (χ1v) is 7.21. The first-order valence-electron chi connectivity index (χ1n) is 7.21. The van der Waals surface area contributed by atoms with Crippen molar-refractivity contribution in [1.82, 2.24) is 9.97 Å². The van der Waals surface area contributed by atoms with Crippen LogP contribution in [-0.2, 0) is 0 Å². The van der Waals surface area contributed by atoms with Gasteiger partial charge in [0.25, 0.3) is 0 Å². The van der Waals surface area contributed by atoms with Crippen LogP contribution in [0, 0.1) is 5.92 Å². The number of hydrazine groups is 1. The number of nitrogens with one attached hydrogen (secondary N) is 2. The van der Waals surface area contributed by atoms with E-state index < -0.39 is 5.60 Å². The minimum Gasteiger partial charge on any atom is -0.388 e. The molecule has 1 fully saturated rings. The van der Waals surface area contributed by atoms with Crippen molar-refractivity contribution in [2.75, 3.05) is 17.3 Å². The molecule has 1 aliphatic rings. The standard InChI is InChI=1S/C14H25N5O/c1-9(2)7-14(3,20)8-16-11-6-12(19-15)18-13(17-11)10-4-5-10/h6,9-10,20H,4-5,7-8,15H2,1-3H3,(H2,16,17,18,19). The van der Waals surface area contributed by atoms with Gasteiger partial charge in [-0.05, 0) is 32.1 Å². The Hall–Kier alpha value is -1.40. The molecule has 0 aromatic carbocycles. The molecule has 1 heterocycles. The molecule has 1 saturated carbocycles. The minimum absolute atomic E-state index is 0.445. The van der Waals surface area contributed by atoms with Crippen LogP contribution in [0.15, 0.2) is 6.07 Å². The summed E-state index contributed by atoms with van der Waals surface area (Å²) in [5.74, 6) is 8.48. The molecule has 1 atom stereocenters. The molecular weight excluding hydrogens is 254 g/mol. The summed E-state index contributed by atoms with van der Waals surface area (Å²) in [5.41, 5.74) is 1.81. The fourth-order valence-corrected chi connectivity index (χ4v) is 2.39. The second-order valence-electron chi connectivity index (χ2n) is 6.36. The summed E-state index contributed by atoms with van der Waals surface area (Å²) < 4.78 is 0. The second kappa shape index (κ2) is 5.93. The van der Waals surface area contributed by atoms with E-state index in [9.17, 15) is 5.11 Å². The van der Waals surface area contributed by atoms with E-state index >= 15 is 0 Å². The topological polar surface area (TPSA) is 96.1 Å². The summed E-state index contributed by atoms with van der Waals surface area (Å²) in [5, 5.41) is 13.5. The zero-order valence-electron chi connectivity index (χ0n) is 12.5. The summed E-state index contributed by atoms with van der Waals surface area (Å²) in [6.45, 7) is 6.49. The van der Waals surface area contributed by atoms with Gasteiger partial charge in [0.15, 0.2) is 0 Å². The summed E-state index contributed by atoms with van der Waals surface area (Å²) in [7, 11) is 0. The molecule has 0 radical (unpaired) electrons. The molecule has 0 bridgehead atoms. The third-order valence-electron chi connectivity index (χ3n) is 3.33. The van der Waals surface area contributed by atoms with Crippen LogP contribution < -0.4 is 16.6 Å². The van der Waals surface area contributed by atoms with Crippen molar-refractivity contribution in [1.29, 1.82) is 0 Å². The Morgan fingerprint density at radius 3 is 2.60 bits per heavy atom. The Balaban J connectivity index is 2.03. The predicted octanol–water partition coefficient (Wildman–Crippen LogP) is 1.85. The molecule has 1 aromatic rings. The Morgan fingerprint density at radius 1 is 1.40 bits per heavy atom. The molecule has 0 spiro atoms. The third-order valence-corrected chi connectivity index (χ3v) is 3.33. The van der Waals surface area contributed by atoms with E-state index in [0.717, 1.165) is 25.1 Å². The Morgan fingerprint density at radius 2 is 2.05 bits per heavy atom. The van der Waals surface area contributed by atoms with Crippen LogP contribution in [0.3, 0.4) is 0 Å². The van der Waals surface area contributed by atoms with Crippen molar-refractivity contribution in [3.05, 3.63) is 11.9 Å². The first-order chi connectivity index (χ1) is 9.39. The average molecular weight is 279 g/mol. The van der Waals surface area contributed by atoms with Crippen molar-refractivity contribution in [2.24, 2.45) is 11.8 Å². The molecule has 0 amide bonds. The normalized spacial score (nSPS) is 17.9. The van der Waals surface area contributed by atoms with Crippen LogP contribution in [0.2, 0.25) is 0 Å². The van der Waals surface area contributed by atoms with Crippen molar-refractivity contribution in [3.8, 4) is 0 Å². The van der Waals surface area contributed by atoms with Gasteiger partial charge in [0, 0.05) is 18.5 Å². The van der Waals surface area contributed by atoms with E-state index in [2.05, 4.69) is 34.6 Å². The van der Waals surface area contributed by atoms with Crippen molar-refractivity contribution >= 4 is 11.6 Å². The number of rotatable bonds is 7. The first kappa shape index (κ1) is 15.0. The maximum atomic E-state index is 10.3. The summed E-state index contributed by atoms with van der Waals surface area (Å²) in [6, 6.07) is 1.76. The number of nitrogens with two attached hydrogens (primary N) is 1. The molecule has 6 heteroatoms. The maximum Gasteiger partial charge on any atom is 0.145 e. The van der Waals surface area contributed by atoms with Gasteiger partial charge in [0.05, 0.1) is 5.60 Å². The van der Waals surface area contributed by atoms with Crippen LogP contribution >= 0.6 is 0 Å². The molecular formula is C14H25N5O. The van der Waals surface area contributed by atoms with E-state index in [4.69, 9.17) is 5.84 Å². The molecule has 0 aliphatic heterocycles. The fourth-order valence-electron chi connectivity index (χ4n) is 2.39. The van der Waals surface area contributed by atoms with Crippen LogP contribution in [0.4, 0.5) is 11.6 Å². The predicted molar refractivity (Wildman–Crippen MR) is 80.4 cm³/mol. The fraction of sp³-hybridized carbons (Fsp3) is 0.714. The highest BCUT2D eigenvalue weighted by Crippen LogP contribution is 2.38. The number of nitrogen functional groups attached to an aromatic ring is 1. The van der Waals surface area contributed by atoms with Gasteiger partial charge in [-0.25, -0.2) is 15.8 Å². The molecule has 1 aromatic heterocycles. The number of nitrogens with zero attached hydrogens (tertiary/aromatic N) is 2. The van der Waals surface area contributed by atoms with Crippen molar-refractivity contribution in [2.45, 2.75) is 51.6 Å². The lowest BCUT2D eigenvalue weighted by atomic mass is 9.94. The summed E-state index contributed by atoms with van der Waals surface area (Å²) in [6.07, 6.45) is 3.01. The molecule has 0 saturated heterocycles. The van der Waals surface area contributed by atoms with Gasteiger partial charge in [0.2, 0.25) is 0 Å². The zero-order valence-corrected chi connectivity index (χ0v) is 12.5. The minimum atomic E-state index is -0.755.